The molecule has 20 heavy (non-hydrogen) atoms. The van der Waals surface area contributed by atoms with Gasteiger partial charge < -0.3 is 14.8 Å². The minimum atomic E-state index is 0.284. The van der Waals surface area contributed by atoms with Crippen LogP contribution in [0.2, 0.25) is 10.0 Å². The maximum absolute atomic E-state index is 6.29. The van der Waals surface area contributed by atoms with Crippen LogP contribution in [0.15, 0.2) is 12.1 Å². The normalized spacial score (nSPS) is 15.8. The summed E-state index contributed by atoms with van der Waals surface area (Å²) in [5.41, 5.74) is 1.01. The van der Waals surface area contributed by atoms with Crippen LogP contribution in [0.1, 0.15) is 31.2 Å². The van der Waals surface area contributed by atoms with E-state index < -0.39 is 0 Å². The first-order valence-corrected chi connectivity index (χ1v) is 7.80. The van der Waals surface area contributed by atoms with E-state index in [4.69, 9.17) is 32.7 Å². The van der Waals surface area contributed by atoms with E-state index in [1.165, 1.54) is 12.8 Å². The van der Waals surface area contributed by atoms with Crippen molar-refractivity contribution in [3.63, 3.8) is 0 Å². The van der Waals surface area contributed by atoms with E-state index in [2.05, 4.69) is 5.32 Å². The molecule has 1 aromatic rings. The van der Waals surface area contributed by atoms with E-state index in [9.17, 15) is 0 Å². The second kappa shape index (κ2) is 8.08. The summed E-state index contributed by atoms with van der Waals surface area (Å²) in [6, 6.07) is 3.66. The van der Waals surface area contributed by atoms with Crippen LogP contribution < -0.4 is 10.1 Å². The monoisotopic (exact) mass is 317 g/mol. The number of hydrogen-bond acceptors (Lipinski definition) is 3. The van der Waals surface area contributed by atoms with Crippen LogP contribution in [0.25, 0.3) is 0 Å². The van der Waals surface area contributed by atoms with Gasteiger partial charge in [0.25, 0.3) is 0 Å². The van der Waals surface area contributed by atoms with Crippen molar-refractivity contribution in [3.05, 3.63) is 27.7 Å². The molecule has 0 spiro atoms. The Bertz CT molecular complexity index is 434. The standard InChI is InChI=1S/C15H21Cl2NO2/c1-19-7-6-18-10-11-8-12(16)9-14(17)15(11)20-13-4-2-3-5-13/h8-9,13,18H,2-7,10H2,1H3. The fourth-order valence-electron chi connectivity index (χ4n) is 2.45. The Morgan fingerprint density at radius 1 is 1.25 bits per heavy atom. The lowest BCUT2D eigenvalue weighted by atomic mass is 10.2. The molecule has 0 saturated heterocycles. The Balaban J connectivity index is 2.06. The Hall–Kier alpha value is -0.480. The number of benzene rings is 1. The van der Waals surface area contributed by atoms with E-state index in [1.807, 2.05) is 6.07 Å². The molecule has 3 nitrogen and oxygen atoms in total. The molecule has 1 aromatic carbocycles. The molecule has 1 fully saturated rings. The molecular weight excluding hydrogens is 297 g/mol. The van der Waals surface area contributed by atoms with Gasteiger partial charge in [0.15, 0.2) is 0 Å². The van der Waals surface area contributed by atoms with Gasteiger partial charge in [-0.1, -0.05) is 23.2 Å². The predicted molar refractivity (Wildman–Crippen MR) is 82.9 cm³/mol. The number of hydrogen-bond donors (Lipinski definition) is 1. The molecule has 5 heteroatoms. The van der Waals surface area contributed by atoms with Crippen molar-refractivity contribution >= 4 is 23.2 Å². The maximum Gasteiger partial charge on any atom is 0.142 e. The molecule has 112 valence electrons. The molecule has 1 saturated carbocycles. The zero-order valence-corrected chi connectivity index (χ0v) is 13.3. The largest absolute Gasteiger partial charge is 0.489 e. The average molecular weight is 318 g/mol. The first kappa shape index (κ1) is 15.9. The summed E-state index contributed by atoms with van der Waals surface area (Å²) in [5, 5.41) is 4.53. The summed E-state index contributed by atoms with van der Waals surface area (Å²) in [5.74, 6) is 0.771. The second-order valence-electron chi connectivity index (χ2n) is 5.07. The van der Waals surface area contributed by atoms with E-state index in [-0.39, 0.29) is 6.10 Å². The number of methoxy groups -OCH3 is 1. The SMILES string of the molecule is COCCNCc1cc(Cl)cc(Cl)c1OC1CCCC1. The summed E-state index contributed by atoms with van der Waals surface area (Å²) in [6.07, 6.45) is 4.96. The third-order valence-corrected chi connectivity index (χ3v) is 3.97. The first-order chi connectivity index (χ1) is 9.70. The smallest absolute Gasteiger partial charge is 0.142 e. The Morgan fingerprint density at radius 2 is 2.00 bits per heavy atom. The Kier molecular flexibility index (Phi) is 6.43. The fraction of sp³-hybridized carbons (Fsp3) is 0.600. The molecule has 0 radical (unpaired) electrons. The predicted octanol–water partition coefficient (Wildman–Crippen LogP) is 4.05. The lowest BCUT2D eigenvalue weighted by Crippen LogP contribution is -2.20. The Morgan fingerprint density at radius 3 is 2.70 bits per heavy atom. The summed E-state index contributed by atoms with van der Waals surface area (Å²) in [7, 11) is 1.69. The third-order valence-electron chi connectivity index (χ3n) is 3.47. The van der Waals surface area contributed by atoms with Crippen molar-refractivity contribution in [2.45, 2.75) is 38.3 Å². The molecule has 0 aliphatic heterocycles. The van der Waals surface area contributed by atoms with Crippen LogP contribution in [-0.4, -0.2) is 26.4 Å². The van der Waals surface area contributed by atoms with Gasteiger partial charge in [-0.2, -0.15) is 0 Å². The molecule has 1 aliphatic rings. The van der Waals surface area contributed by atoms with E-state index in [1.54, 1.807) is 13.2 Å². The van der Waals surface area contributed by atoms with Crippen molar-refractivity contribution < 1.29 is 9.47 Å². The number of halogens is 2. The lowest BCUT2D eigenvalue weighted by molar-refractivity contribution is 0.197. The van der Waals surface area contributed by atoms with Crippen molar-refractivity contribution in [3.8, 4) is 5.75 Å². The number of nitrogens with one attached hydrogen (secondary N) is 1. The molecule has 0 heterocycles. The molecule has 0 aromatic heterocycles. The third kappa shape index (κ3) is 4.52. The molecule has 1 N–H and O–H groups in total. The van der Waals surface area contributed by atoms with Crippen LogP contribution in [-0.2, 0) is 11.3 Å². The molecule has 0 atom stereocenters. The van der Waals surface area contributed by atoms with Crippen molar-refractivity contribution in [1.82, 2.24) is 5.32 Å². The first-order valence-electron chi connectivity index (χ1n) is 7.05. The van der Waals surface area contributed by atoms with Gasteiger partial charge in [0.1, 0.15) is 5.75 Å². The highest BCUT2D eigenvalue weighted by Crippen LogP contribution is 2.35. The summed E-state index contributed by atoms with van der Waals surface area (Å²) >= 11 is 12.4. The highest BCUT2D eigenvalue weighted by Gasteiger charge is 2.20. The van der Waals surface area contributed by atoms with E-state index in [0.717, 1.165) is 30.7 Å². The summed E-state index contributed by atoms with van der Waals surface area (Å²) in [4.78, 5) is 0. The van der Waals surface area contributed by atoms with Gasteiger partial charge in [0.05, 0.1) is 17.7 Å². The zero-order chi connectivity index (χ0) is 14.4. The van der Waals surface area contributed by atoms with Crippen molar-refractivity contribution in [1.29, 1.82) is 0 Å². The number of ether oxygens (including phenoxy) is 2. The van der Waals surface area contributed by atoms with Gasteiger partial charge in [-0.3, -0.25) is 0 Å². The van der Waals surface area contributed by atoms with Crippen LogP contribution in [0.5, 0.6) is 5.75 Å². The molecule has 1 aliphatic carbocycles. The zero-order valence-electron chi connectivity index (χ0n) is 11.8. The van der Waals surface area contributed by atoms with Gasteiger partial charge in [0, 0.05) is 30.8 Å². The van der Waals surface area contributed by atoms with Gasteiger partial charge in [-0.05, 0) is 37.8 Å². The maximum atomic E-state index is 6.29. The molecule has 2 rings (SSSR count). The lowest BCUT2D eigenvalue weighted by Gasteiger charge is -2.18. The minimum absolute atomic E-state index is 0.284. The highest BCUT2D eigenvalue weighted by atomic mass is 35.5. The molecule has 0 unspecified atom stereocenters. The molecule has 0 bridgehead atoms. The van der Waals surface area contributed by atoms with Gasteiger partial charge in [0.2, 0.25) is 0 Å². The summed E-state index contributed by atoms with van der Waals surface area (Å²) in [6.45, 7) is 2.13. The van der Waals surface area contributed by atoms with Crippen LogP contribution in [0, 0.1) is 0 Å². The van der Waals surface area contributed by atoms with Gasteiger partial charge in [-0.25, -0.2) is 0 Å². The number of rotatable bonds is 7. The van der Waals surface area contributed by atoms with Crippen LogP contribution in [0.3, 0.4) is 0 Å². The Labute approximate surface area is 130 Å². The second-order valence-corrected chi connectivity index (χ2v) is 5.91. The van der Waals surface area contributed by atoms with Crippen molar-refractivity contribution in [2.75, 3.05) is 20.3 Å². The average Bonchev–Trinajstić information content (AvgIpc) is 2.91. The van der Waals surface area contributed by atoms with E-state index in [0.29, 0.717) is 23.2 Å². The minimum Gasteiger partial charge on any atom is -0.489 e. The fourth-order valence-corrected chi connectivity index (χ4v) is 3.03. The van der Waals surface area contributed by atoms with Gasteiger partial charge >= 0.3 is 0 Å². The quantitative estimate of drug-likeness (QED) is 0.769. The topological polar surface area (TPSA) is 30.5 Å². The molecule has 0 amide bonds. The van der Waals surface area contributed by atoms with Crippen LogP contribution in [0.4, 0.5) is 0 Å². The van der Waals surface area contributed by atoms with Crippen molar-refractivity contribution in [2.24, 2.45) is 0 Å². The van der Waals surface area contributed by atoms with Gasteiger partial charge in [-0.15, -0.1) is 0 Å². The van der Waals surface area contributed by atoms with Crippen LogP contribution >= 0.6 is 23.2 Å². The van der Waals surface area contributed by atoms with E-state index >= 15 is 0 Å². The summed E-state index contributed by atoms with van der Waals surface area (Å²) < 4.78 is 11.1. The molecular formula is C15H21Cl2NO2. The highest BCUT2D eigenvalue weighted by molar-refractivity contribution is 6.35.